The molecule has 0 amide bonds. The van der Waals surface area contributed by atoms with Gasteiger partial charge in [-0.05, 0) is 5.67 Å². The first-order valence-electron chi connectivity index (χ1n) is 1.72. The third kappa shape index (κ3) is 1.42. The van der Waals surface area contributed by atoms with Gasteiger partial charge in [-0.3, -0.25) is 0 Å². The van der Waals surface area contributed by atoms with Crippen LogP contribution in [-0.4, -0.2) is 13.1 Å². The molecule has 0 aromatic carbocycles. The predicted molar refractivity (Wildman–Crippen MR) is 48.2 cm³/mol. The maximum absolute atomic E-state index is 5.39. The van der Waals surface area contributed by atoms with E-state index in [1.165, 1.54) is 5.67 Å². The van der Waals surface area contributed by atoms with Gasteiger partial charge in [0.2, 0.25) is 13.1 Å². The second-order valence-corrected chi connectivity index (χ2v) is 14.1. The van der Waals surface area contributed by atoms with Gasteiger partial charge < -0.3 is 4.12 Å². The van der Waals surface area contributed by atoms with E-state index in [9.17, 15) is 0 Å². The highest BCUT2D eigenvalue weighted by molar-refractivity contribution is 14.1. The Kier molecular flexibility index (Phi) is 2.41. The molecule has 0 radical (unpaired) electrons. The van der Waals surface area contributed by atoms with Crippen LogP contribution in [0.5, 0.6) is 0 Å². The quantitative estimate of drug-likeness (QED) is 0.361. The summed E-state index contributed by atoms with van der Waals surface area (Å²) in [6.07, 6.45) is 0. The summed E-state index contributed by atoms with van der Waals surface area (Å²) in [6.45, 7) is -1.01. The number of halogens is 2. The Morgan fingerprint density at radius 3 is 1.67 bits per heavy atom. The zero-order valence-corrected chi connectivity index (χ0v) is 9.65. The molecule has 0 spiro atoms. The SMILES string of the molecule is I[SiH]1C[SiH](I)O1. The summed E-state index contributed by atoms with van der Waals surface area (Å²) >= 11 is 4.91. The Morgan fingerprint density at radius 1 is 1.33 bits per heavy atom. The van der Waals surface area contributed by atoms with Crippen LogP contribution < -0.4 is 0 Å². The normalized spacial score (nSPS) is 45.0. The molecule has 1 rings (SSSR count). The predicted octanol–water partition coefficient (Wildman–Crippen LogP) is 0.867. The number of hydrogen-bond acceptors (Lipinski definition) is 1. The standard InChI is InChI=1S/CH4I2OSi2/c2-5-1-6(3)4-5/h5-6H,1H2. The fourth-order valence-electron chi connectivity index (χ4n) is 0.295. The van der Waals surface area contributed by atoms with Crippen LogP contribution in [0.2, 0.25) is 5.67 Å². The minimum atomic E-state index is -0.503. The Bertz CT molecular complexity index is 47.5. The highest BCUT2D eigenvalue weighted by Crippen LogP contribution is 2.23. The van der Waals surface area contributed by atoms with Crippen molar-refractivity contribution in [2.45, 2.75) is 5.67 Å². The monoisotopic (exact) mass is 342 g/mol. The molecule has 1 aliphatic heterocycles. The Morgan fingerprint density at radius 2 is 1.67 bits per heavy atom. The van der Waals surface area contributed by atoms with Crippen LogP contribution in [-0.2, 0) is 4.12 Å². The first-order valence-corrected chi connectivity index (χ1v) is 12.6. The van der Waals surface area contributed by atoms with Crippen molar-refractivity contribution in [2.75, 3.05) is 0 Å². The lowest BCUT2D eigenvalue weighted by Crippen LogP contribution is -2.35. The summed E-state index contributed by atoms with van der Waals surface area (Å²) in [4.78, 5) is 0. The van der Waals surface area contributed by atoms with Gasteiger partial charge in [0.15, 0.2) is 0 Å². The van der Waals surface area contributed by atoms with E-state index >= 15 is 0 Å². The van der Waals surface area contributed by atoms with Crippen LogP contribution in [0.3, 0.4) is 0 Å². The summed E-state index contributed by atoms with van der Waals surface area (Å²) < 4.78 is 5.39. The molecule has 0 aromatic rings. The molecule has 1 aliphatic rings. The molecular formula is CH4I2OSi2. The fraction of sp³-hybridized carbons (Fsp3) is 1.00. The molecule has 1 heterocycles. The average Bonchev–Trinajstić information content (AvgIpc) is 1.33. The lowest BCUT2D eigenvalue weighted by molar-refractivity contribution is 0.601. The van der Waals surface area contributed by atoms with Crippen molar-refractivity contribution in [3.05, 3.63) is 0 Å². The van der Waals surface area contributed by atoms with Crippen LogP contribution in [0.4, 0.5) is 0 Å². The molecule has 1 fully saturated rings. The largest absolute Gasteiger partial charge is 0.445 e. The Labute approximate surface area is 65.7 Å². The van der Waals surface area contributed by atoms with Crippen molar-refractivity contribution in [1.29, 1.82) is 0 Å². The van der Waals surface area contributed by atoms with Crippen LogP contribution in [0.1, 0.15) is 0 Å². The van der Waals surface area contributed by atoms with Gasteiger partial charge in [0, 0.05) is 0 Å². The van der Waals surface area contributed by atoms with E-state index in [0.717, 1.165) is 0 Å². The molecule has 2 unspecified atom stereocenters. The van der Waals surface area contributed by atoms with E-state index < -0.39 is 13.1 Å². The molecule has 0 aliphatic carbocycles. The molecule has 5 heteroatoms. The summed E-state index contributed by atoms with van der Waals surface area (Å²) in [5.41, 5.74) is 1.50. The van der Waals surface area contributed by atoms with Crippen LogP contribution in [0, 0.1) is 0 Å². The van der Waals surface area contributed by atoms with Gasteiger partial charge in [-0.15, -0.1) is 0 Å². The van der Waals surface area contributed by atoms with Gasteiger partial charge in [-0.1, -0.05) is 43.6 Å². The zero-order valence-electron chi connectivity index (χ0n) is 3.03. The maximum Gasteiger partial charge on any atom is 0.232 e. The molecule has 36 valence electrons. The third-order valence-electron chi connectivity index (χ3n) is 0.666. The Hall–Kier alpha value is 1.85. The molecule has 0 saturated carbocycles. The lowest BCUT2D eigenvalue weighted by atomic mass is 11.9. The van der Waals surface area contributed by atoms with Crippen molar-refractivity contribution < 1.29 is 4.12 Å². The van der Waals surface area contributed by atoms with E-state index in [-0.39, 0.29) is 0 Å². The van der Waals surface area contributed by atoms with Gasteiger partial charge in [-0.25, -0.2) is 0 Å². The minimum absolute atomic E-state index is 0.503. The maximum atomic E-state index is 5.39. The van der Waals surface area contributed by atoms with Crippen molar-refractivity contribution in [1.82, 2.24) is 0 Å². The lowest BCUT2D eigenvalue weighted by Gasteiger charge is -2.24. The third-order valence-corrected chi connectivity index (χ3v) is 20.4. The first kappa shape index (κ1) is 5.98. The molecular weight excluding hydrogens is 338 g/mol. The van der Waals surface area contributed by atoms with Crippen molar-refractivity contribution >= 4 is 56.7 Å². The number of hydrogen-bond donors (Lipinski definition) is 0. The van der Waals surface area contributed by atoms with Gasteiger partial charge in [0.05, 0.1) is 0 Å². The van der Waals surface area contributed by atoms with E-state index in [0.29, 0.717) is 0 Å². The highest BCUT2D eigenvalue weighted by Gasteiger charge is 2.27. The smallest absolute Gasteiger partial charge is 0.232 e. The second kappa shape index (κ2) is 2.42. The van der Waals surface area contributed by atoms with E-state index in [4.69, 9.17) is 4.12 Å². The summed E-state index contributed by atoms with van der Waals surface area (Å²) in [6, 6.07) is 0. The molecule has 6 heavy (non-hydrogen) atoms. The van der Waals surface area contributed by atoms with E-state index in [1.54, 1.807) is 0 Å². The van der Waals surface area contributed by atoms with Crippen molar-refractivity contribution in [3.8, 4) is 0 Å². The summed E-state index contributed by atoms with van der Waals surface area (Å²) in [7, 11) is 0. The summed E-state index contributed by atoms with van der Waals surface area (Å²) in [5.74, 6) is 0. The Balaban J connectivity index is 2.11. The molecule has 0 N–H and O–H groups in total. The van der Waals surface area contributed by atoms with Crippen LogP contribution >= 0.6 is 43.6 Å². The fourth-order valence-corrected chi connectivity index (χ4v) is 31.2. The molecule has 0 aromatic heterocycles. The molecule has 1 nitrogen and oxygen atoms in total. The van der Waals surface area contributed by atoms with E-state index in [2.05, 4.69) is 43.6 Å². The van der Waals surface area contributed by atoms with Gasteiger partial charge in [0.1, 0.15) is 0 Å². The first-order chi connectivity index (χ1) is 2.79. The van der Waals surface area contributed by atoms with E-state index in [1.807, 2.05) is 0 Å². The summed E-state index contributed by atoms with van der Waals surface area (Å²) in [5, 5.41) is 0. The van der Waals surface area contributed by atoms with Gasteiger partial charge in [0.25, 0.3) is 0 Å². The number of rotatable bonds is 0. The molecule has 2 atom stereocenters. The van der Waals surface area contributed by atoms with Crippen molar-refractivity contribution in [2.24, 2.45) is 0 Å². The van der Waals surface area contributed by atoms with Crippen molar-refractivity contribution in [3.63, 3.8) is 0 Å². The highest BCUT2D eigenvalue weighted by atomic mass is 127. The molecule has 0 bridgehead atoms. The second-order valence-electron chi connectivity index (χ2n) is 1.19. The van der Waals surface area contributed by atoms with Crippen LogP contribution in [0.15, 0.2) is 0 Å². The average molecular weight is 342 g/mol. The minimum Gasteiger partial charge on any atom is -0.445 e. The topological polar surface area (TPSA) is 9.23 Å². The molecule has 1 saturated heterocycles. The van der Waals surface area contributed by atoms with Gasteiger partial charge >= 0.3 is 0 Å². The van der Waals surface area contributed by atoms with Gasteiger partial charge in [-0.2, -0.15) is 0 Å². The van der Waals surface area contributed by atoms with Crippen LogP contribution in [0.25, 0.3) is 0 Å². The zero-order chi connectivity index (χ0) is 4.57.